The van der Waals surface area contributed by atoms with Gasteiger partial charge in [-0.2, -0.15) is 0 Å². The Hall–Kier alpha value is -3.49. The first kappa shape index (κ1) is 17.9. The minimum absolute atomic E-state index is 0.00655. The second kappa shape index (κ2) is 7.63. The van der Waals surface area contributed by atoms with Crippen LogP contribution in [0.5, 0.6) is 0 Å². The molecule has 1 aromatic carbocycles. The molecule has 28 heavy (non-hydrogen) atoms. The fourth-order valence-corrected chi connectivity index (χ4v) is 3.21. The number of carbonyl (C=O) groups excluding carboxylic acids is 1. The monoisotopic (exact) mass is 378 g/mol. The van der Waals surface area contributed by atoms with Crippen molar-refractivity contribution in [1.29, 1.82) is 0 Å². The predicted octanol–water partition coefficient (Wildman–Crippen LogP) is 1.94. The highest BCUT2D eigenvalue weighted by Crippen LogP contribution is 2.23. The average Bonchev–Trinajstić information content (AvgIpc) is 3.12. The third-order valence-corrected chi connectivity index (χ3v) is 4.61. The number of hydrogen-bond acceptors (Lipinski definition) is 6. The molecule has 2 aromatic heterocycles. The first-order valence-electron chi connectivity index (χ1n) is 9.14. The highest BCUT2D eigenvalue weighted by atomic mass is 16.2. The summed E-state index contributed by atoms with van der Waals surface area (Å²) in [5.74, 6) is 2.37. The SMILES string of the molecule is CN(C)c1ncc(NC(=O)N[C@H]2CCc3nnc(-c4ccccc4)n3C2)cn1. The van der Waals surface area contributed by atoms with Gasteiger partial charge < -0.3 is 20.1 Å². The van der Waals surface area contributed by atoms with Crippen LogP contribution in [0.25, 0.3) is 11.4 Å². The molecule has 0 spiro atoms. The Morgan fingerprint density at radius 3 is 2.61 bits per heavy atom. The molecule has 1 aliphatic rings. The van der Waals surface area contributed by atoms with Crippen molar-refractivity contribution in [1.82, 2.24) is 30.0 Å². The van der Waals surface area contributed by atoms with Crippen LogP contribution < -0.4 is 15.5 Å². The number of nitrogens with one attached hydrogen (secondary N) is 2. The predicted molar refractivity (Wildman–Crippen MR) is 106 cm³/mol. The van der Waals surface area contributed by atoms with Gasteiger partial charge >= 0.3 is 6.03 Å². The van der Waals surface area contributed by atoms with E-state index in [9.17, 15) is 4.79 Å². The Balaban J connectivity index is 1.41. The molecule has 0 unspecified atom stereocenters. The summed E-state index contributed by atoms with van der Waals surface area (Å²) < 4.78 is 2.08. The van der Waals surface area contributed by atoms with E-state index in [-0.39, 0.29) is 12.1 Å². The number of amides is 2. The second-order valence-electron chi connectivity index (χ2n) is 6.92. The molecule has 2 amide bonds. The zero-order chi connectivity index (χ0) is 19.5. The van der Waals surface area contributed by atoms with E-state index in [0.29, 0.717) is 18.2 Å². The van der Waals surface area contributed by atoms with Crippen molar-refractivity contribution in [2.24, 2.45) is 0 Å². The molecule has 3 aromatic rings. The molecule has 3 heterocycles. The van der Waals surface area contributed by atoms with Crippen molar-refractivity contribution < 1.29 is 4.79 Å². The Morgan fingerprint density at radius 1 is 1.14 bits per heavy atom. The van der Waals surface area contributed by atoms with E-state index < -0.39 is 0 Å². The third kappa shape index (κ3) is 3.78. The molecule has 0 fully saturated rings. The van der Waals surface area contributed by atoms with Crippen LogP contribution in [0.3, 0.4) is 0 Å². The Bertz CT molecular complexity index is 952. The molecule has 0 aliphatic carbocycles. The van der Waals surface area contributed by atoms with E-state index in [2.05, 4.69) is 35.4 Å². The molecular formula is C19H22N8O. The Morgan fingerprint density at radius 2 is 1.89 bits per heavy atom. The lowest BCUT2D eigenvalue weighted by molar-refractivity contribution is 0.244. The number of hydrogen-bond donors (Lipinski definition) is 2. The van der Waals surface area contributed by atoms with Crippen molar-refractivity contribution >= 4 is 17.7 Å². The molecule has 0 saturated heterocycles. The number of benzene rings is 1. The van der Waals surface area contributed by atoms with Gasteiger partial charge in [0, 0.05) is 38.7 Å². The number of carbonyl (C=O) groups is 1. The minimum atomic E-state index is -0.274. The molecule has 0 saturated carbocycles. The van der Waals surface area contributed by atoms with E-state index in [1.165, 1.54) is 0 Å². The summed E-state index contributed by atoms with van der Waals surface area (Å²) in [4.78, 5) is 22.6. The maximum absolute atomic E-state index is 12.4. The number of aromatic nitrogens is 5. The maximum Gasteiger partial charge on any atom is 0.319 e. The van der Waals surface area contributed by atoms with E-state index in [0.717, 1.165) is 30.1 Å². The molecule has 0 bridgehead atoms. The van der Waals surface area contributed by atoms with Crippen LogP contribution in [0.1, 0.15) is 12.2 Å². The highest BCUT2D eigenvalue weighted by molar-refractivity contribution is 5.89. The van der Waals surface area contributed by atoms with Crippen molar-refractivity contribution in [2.75, 3.05) is 24.3 Å². The number of rotatable bonds is 4. The first-order chi connectivity index (χ1) is 13.6. The molecule has 1 atom stereocenters. The number of nitrogens with zero attached hydrogens (tertiary/aromatic N) is 6. The fourth-order valence-electron chi connectivity index (χ4n) is 3.21. The number of aryl methyl sites for hydroxylation is 1. The fraction of sp³-hybridized carbons (Fsp3) is 0.316. The molecular weight excluding hydrogens is 356 g/mol. The van der Waals surface area contributed by atoms with Crippen molar-refractivity contribution in [3.63, 3.8) is 0 Å². The van der Waals surface area contributed by atoms with Crippen molar-refractivity contribution in [2.45, 2.75) is 25.4 Å². The van der Waals surface area contributed by atoms with Gasteiger partial charge in [-0.1, -0.05) is 30.3 Å². The van der Waals surface area contributed by atoms with Crippen LogP contribution in [0.2, 0.25) is 0 Å². The summed E-state index contributed by atoms with van der Waals surface area (Å²) in [6.45, 7) is 0.635. The molecule has 9 heteroatoms. The van der Waals surface area contributed by atoms with Crippen LogP contribution >= 0.6 is 0 Å². The first-order valence-corrected chi connectivity index (χ1v) is 9.14. The van der Waals surface area contributed by atoms with E-state index in [4.69, 9.17) is 0 Å². The summed E-state index contributed by atoms with van der Waals surface area (Å²) in [7, 11) is 3.72. The normalized spacial score (nSPS) is 15.6. The van der Waals surface area contributed by atoms with E-state index in [1.807, 2.05) is 44.4 Å². The second-order valence-corrected chi connectivity index (χ2v) is 6.92. The zero-order valence-corrected chi connectivity index (χ0v) is 15.8. The molecule has 0 radical (unpaired) electrons. The summed E-state index contributed by atoms with van der Waals surface area (Å²) in [6, 6.07) is 9.67. The van der Waals surface area contributed by atoms with Gasteiger partial charge in [0.2, 0.25) is 5.95 Å². The summed E-state index contributed by atoms with van der Waals surface area (Å²) >= 11 is 0. The Labute approximate surface area is 162 Å². The van der Waals surface area contributed by atoms with Gasteiger partial charge in [0.15, 0.2) is 5.82 Å². The number of anilines is 2. The molecule has 4 rings (SSSR count). The van der Waals surface area contributed by atoms with Crippen molar-refractivity contribution in [3.05, 3.63) is 48.5 Å². The van der Waals surface area contributed by atoms with Crippen LogP contribution in [-0.2, 0) is 13.0 Å². The third-order valence-electron chi connectivity index (χ3n) is 4.61. The number of fused-ring (bicyclic) bond motifs is 1. The maximum atomic E-state index is 12.4. The Kier molecular flexibility index (Phi) is 4.88. The van der Waals surface area contributed by atoms with Gasteiger partial charge in [0.1, 0.15) is 5.82 Å². The summed E-state index contributed by atoms with van der Waals surface area (Å²) in [5.41, 5.74) is 1.57. The van der Waals surface area contributed by atoms with Crippen LogP contribution in [0, 0.1) is 0 Å². The van der Waals surface area contributed by atoms with Crippen LogP contribution in [0.4, 0.5) is 16.4 Å². The van der Waals surface area contributed by atoms with Gasteiger partial charge in [0.05, 0.1) is 18.1 Å². The lowest BCUT2D eigenvalue weighted by atomic mass is 10.1. The molecule has 9 nitrogen and oxygen atoms in total. The van der Waals surface area contributed by atoms with E-state index in [1.54, 1.807) is 17.3 Å². The summed E-state index contributed by atoms with van der Waals surface area (Å²) in [5, 5.41) is 14.4. The topological polar surface area (TPSA) is 101 Å². The lowest BCUT2D eigenvalue weighted by Gasteiger charge is -2.25. The summed E-state index contributed by atoms with van der Waals surface area (Å²) in [6.07, 6.45) is 4.77. The largest absolute Gasteiger partial charge is 0.347 e. The van der Waals surface area contributed by atoms with Gasteiger partial charge in [-0.3, -0.25) is 0 Å². The molecule has 2 N–H and O–H groups in total. The highest BCUT2D eigenvalue weighted by Gasteiger charge is 2.24. The smallest absolute Gasteiger partial charge is 0.319 e. The standard InChI is InChI=1S/C19H22N8O/c1-26(2)18-20-10-15(11-21-18)23-19(28)22-14-8-9-16-24-25-17(27(16)12-14)13-6-4-3-5-7-13/h3-7,10-11,14H,8-9,12H2,1-2H3,(H2,22,23,28)/t14-/m0/s1. The van der Waals surface area contributed by atoms with Gasteiger partial charge in [0.25, 0.3) is 0 Å². The van der Waals surface area contributed by atoms with Gasteiger partial charge in [-0.05, 0) is 6.42 Å². The number of urea groups is 1. The lowest BCUT2D eigenvalue weighted by Crippen LogP contribution is -2.43. The van der Waals surface area contributed by atoms with Crippen molar-refractivity contribution in [3.8, 4) is 11.4 Å². The van der Waals surface area contributed by atoms with Crippen LogP contribution in [-0.4, -0.2) is 50.9 Å². The molecule has 1 aliphatic heterocycles. The van der Waals surface area contributed by atoms with Crippen LogP contribution in [0.15, 0.2) is 42.7 Å². The van der Waals surface area contributed by atoms with E-state index >= 15 is 0 Å². The minimum Gasteiger partial charge on any atom is -0.347 e. The quantitative estimate of drug-likeness (QED) is 0.720. The zero-order valence-electron chi connectivity index (χ0n) is 15.8. The van der Waals surface area contributed by atoms with Gasteiger partial charge in [-0.15, -0.1) is 10.2 Å². The molecule has 144 valence electrons. The van der Waals surface area contributed by atoms with Gasteiger partial charge in [-0.25, -0.2) is 14.8 Å². The average molecular weight is 378 g/mol.